The average molecular weight is 899 g/mol. The predicted octanol–water partition coefficient (Wildman–Crippen LogP) is 9.71. The van der Waals surface area contributed by atoms with Gasteiger partial charge < -0.3 is 30.9 Å². The van der Waals surface area contributed by atoms with Crippen molar-refractivity contribution in [2.75, 3.05) is 25.1 Å². The molecule has 3 aromatic carbocycles. The van der Waals surface area contributed by atoms with Crippen molar-refractivity contribution in [3.63, 3.8) is 0 Å². The second kappa shape index (κ2) is 20.5. The fourth-order valence-corrected chi connectivity index (χ4v) is 10.7. The fourth-order valence-electron chi connectivity index (χ4n) is 10.5. The summed E-state index contributed by atoms with van der Waals surface area (Å²) in [5.74, 6) is 0.920. The molecule has 1 unspecified atom stereocenters. The summed E-state index contributed by atoms with van der Waals surface area (Å²) in [5.41, 5.74) is 13.0. The van der Waals surface area contributed by atoms with Crippen LogP contribution in [0.3, 0.4) is 0 Å². The summed E-state index contributed by atoms with van der Waals surface area (Å²) in [5, 5.41) is 17.7. The molecule has 5 aromatic rings. The van der Waals surface area contributed by atoms with Crippen molar-refractivity contribution in [1.82, 2.24) is 15.3 Å². The van der Waals surface area contributed by atoms with Crippen LogP contribution in [0.15, 0.2) is 97.3 Å². The molecule has 0 saturated heterocycles. The van der Waals surface area contributed by atoms with E-state index in [1.165, 1.54) is 28.8 Å². The molecule has 65 heavy (non-hydrogen) atoms. The summed E-state index contributed by atoms with van der Waals surface area (Å²) in [4.78, 5) is 46.1. The van der Waals surface area contributed by atoms with Crippen LogP contribution < -0.4 is 25.8 Å². The molecule has 2 amide bonds. The van der Waals surface area contributed by atoms with Gasteiger partial charge in [-0.15, -0.1) is 0 Å². The molecule has 2 aromatic heterocycles. The van der Waals surface area contributed by atoms with Gasteiger partial charge in [-0.1, -0.05) is 61.0 Å². The van der Waals surface area contributed by atoms with Gasteiger partial charge in [0, 0.05) is 52.9 Å². The zero-order valence-electron chi connectivity index (χ0n) is 37.3. The van der Waals surface area contributed by atoms with E-state index in [1.807, 2.05) is 48.7 Å². The lowest BCUT2D eigenvalue weighted by Crippen LogP contribution is -2.53. The number of ether oxygens (including phenoxy) is 2. The zero-order valence-corrected chi connectivity index (χ0v) is 38.0. The minimum Gasteiger partial charge on any atom is -0.494 e. The third-order valence-electron chi connectivity index (χ3n) is 13.9. The maximum absolute atomic E-state index is 13.1. The van der Waals surface area contributed by atoms with Crippen LogP contribution in [0.2, 0.25) is 5.02 Å². The number of hydrogen-bond acceptors (Lipinski definition) is 8. The molecule has 2 heterocycles. The van der Waals surface area contributed by atoms with E-state index in [4.69, 9.17) is 26.8 Å². The lowest BCUT2D eigenvalue weighted by Gasteiger charge is -2.47. The molecule has 340 valence electrons. The van der Waals surface area contributed by atoms with Gasteiger partial charge in [-0.25, -0.2) is 4.79 Å². The Morgan fingerprint density at radius 1 is 0.908 bits per heavy atom. The molecule has 0 bridgehead atoms. The summed E-state index contributed by atoms with van der Waals surface area (Å²) in [6.07, 6.45) is 14.7. The van der Waals surface area contributed by atoms with Crippen LogP contribution in [0.25, 0.3) is 11.1 Å². The number of aryl methyl sites for hydroxylation is 2. The third-order valence-corrected chi connectivity index (χ3v) is 14.2. The van der Waals surface area contributed by atoms with Crippen LogP contribution >= 0.6 is 11.6 Å². The number of hydrogen-bond donors (Lipinski definition) is 4. The summed E-state index contributed by atoms with van der Waals surface area (Å²) in [6.45, 7) is 3.86. The fraction of sp³-hybridized carbons (Fsp3) is 0.415. The number of nitrogens with two attached hydrogens (primary N) is 1. The molecule has 11 nitrogen and oxygen atoms in total. The molecular formula is C53H60ClN5O6. The lowest BCUT2D eigenvalue weighted by molar-refractivity contribution is -0.144. The molecule has 3 aliphatic carbocycles. The number of amides is 2. The van der Waals surface area contributed by atoms with Crippen LogP contribution in [-0.2, 0) is 40.7 Å². The van der Waals surface area contributed by atoms with E-state index in [1.54, 1.807) is 24.4 Å². The maximum atomic E-state index is 13.1. The SMILES string of the molecule is C[C@@H](COc1ccnc2c1CCCC2)CC1Cc2ccc(OCCCC(=O)NCCCc3cccc(-c4ccc(C(N)=O)nc4)c3)cc2C12CCC(Nc1cccc(Cl)c1)(C(=O)O)CC2. The number of anilines is 1. The number of pyridine rings is 2. The summed E-state index contributed by atoms with van der Waals surface area (Å²) >= 11 is 6.32. The van der Waals surface area contributed by atoms with Crippen molar-refractivity contribution in [3.8, 4) is 22.6 Å². The lowest BCUT2D eigenvalue weighted by atomic mass is 9.59. The smallest absolute Gasteiger partial charge is 0.329 e. The molecule has 12 heteroatoms. The van der Waals surface area contributed by atoms with Crippen molar-refractivity contribution in [2.24, 2.45) is 17.6 Å². The van der Waals surface area contributed by atoms with Gasteiger partial charge >= 0.3 is 5.97 Å². The zero-order chi connectivity index (χ0) is 45.4. The minimum atomic E-state index is -1.11. The van der Waals surface area contributed by atoms with Crippen LogP contribution in [0, 0.1) is 11.8 Å². The number of carboxylic acids is 1. The number of nitrogens with one attached hydrogen (secondary N) is 2. The van der Waals surface area contributed by atoms with Gasteiger partial charge in [-0.3, -0.25) is 19.6 Å². The molecule has 5 N–H and O–H groups in total. The Morgan fingerprint density at radius 3 is 2.52 bits per heavy atom. The molecule has 1 fully saturated rings. The van der Waals surface area contributed by atoms with Crippen LogP contribution in [0.5, 0.6) is 11.5 Å². The number of carboxylic acid groups (broad SMARTS) is 1. The second-order valence-electron chi connectivity index (χ2n) is 18.4. The molecule has 1 spiro atoms. The average Bonchev–Trinajstić information content (AvgIpc) is 3.60. The molecule has 3 aliphatic rings. The normalized spacial score (nSPS) is 20.3. The third kappa shape index (κ3) is 10.8. The Bertz CT molecular complexity index is 2490. The molecule has 8 rings (SSSR count). The van der Waals surface area contributed by atoms with Gasteiger partial charge in [0.2, 0.25) is 5.91 Å². The Kier molecular flexibility index (Phi) is 14.4. The first kappa shape index (κ1) is 45.6. The van der Waals surface area contributed by atoms with Gasteiger partial charge in [0.1, 0.15) is 22.7 Å². The first-order chi connectivity index (χ1) is 31.5. The highest BCUT2D eigenvalue weighted by Gasteiger charge is 2.54. The number of carbonyl (C=O) groups excluding carboxylic acids is 2. The van der Waals surface area contributed by atoms with E-state index in [0.29, 0.717) is 74.9 Å². The van der Waals surface area contributed by atoms with Gasteiger partial charge in [0.05, 0.1) is 13.2 Å². The highest BCUT2D eigenvalue weighted by atomic mass is 35.5. The van der Waals surface area contributed by atoms with Gasteiger partial charge in [-0.05, 0) is 165 Å². The molecule has 1 saturated carbocycles. The predicted molar refractivity (Wildman–Crippen MR) is 254 cm³/mol. The first-order valence-corrected chi connectivity index (χ1v) is 23.6. The number of primary amides is 1. The number of rotatable bonds is 19. The number of fused-ring (bicyclic) bond motifs is 3. The van der Waals surface area contributed by atoms with Gasteiger partial charge in [0.25, 0.3) is 5.91 Å². The van der Waals surface area contributed by atoms with Gasteiger partial charge in [0.15, 0.2) is 0 Å². The van der Waals surface area contributed by atoms with E-state index in [2.05, 4.69) is 51.8 Å². The highest BCUT2D eigenvalue weighted by Crippen LogP contribution is 2.57. The van der Waals surface area contributed by atoms with Gasteiger partial charge in [-0.2, -0.15) is 0 Å². The molecular weight excluding hydrogens is 838 g/mol. The largest absolute Gasteiger partial charge is 0.494 e. The quantitative estimate of drug-likeness (QED) is 0.0591. The van der Waals surface area contributed by atoms with Crippen molar-refractivity contribution in [2.45, 2.75) is 108 Å². The van der Waals surface area contributed by atoms with E-state index < -0.39 is 17.4 Å². The van der Waals surface area contributed by atoms with E-state index in [0.717, 1.165) is 73.1 Å². The second-order valence-corrected chi connectivity index (χ2v) is 18.8. The Labute approximate surface area is 386 Å². The summed E-state index contributed by atoms with van der Waals surface area (Å²) in [6, 6.07) is 27.4. The Morgan fingerprint density at radius 2 is 1.74 bits per heavy atom. The maximum Gasteiger partial charge on any atom is 0.329 e. The highest BCUT2D eigenvalue weighted by molar-refractivity contribution is 6.30. The number of aliphatic carboxylic acids is 1. The summed E-state index contributed by atoms with van der Waals surface area (Å²) in [7, 11) is 0. The van der Waals surface area contributed by atoms with E-state index in [9.17, 15) is 19.5 Å². The van der Waals surface area contributed by atoms with E-state index >= 15 is 0 Å². The van der Waals surface area contributed by atoms with Crippen molar-refractivity contribution in [3.05, 3.63) is 136 Å². The van der Waals surface area contributed by atoms with Crippen molar-refractivity contribution in [1.29, 1.82) is 0 Å². The number of nitrogens with zero attached hydrogens (tertiary/aromatic N) is 2. The molecule has 2 atom stereocenters. The number of carbonyl (C=O) groups is 3. The first-order valence-electron chi connectivity index (χ1n) is 23.2. The number of aromatic nitrogens is 2. The van der Waals surface area contributed by atoms with Crippen LogP contribution in [-0.4, -0.2) is 58.2 Å². The van der Waals surface area contributed by atoms with Crippen molar-refractivity contribution >= 4 is 35.1 Å². The minimum absolute atomic E-state index is 0.00358. The topological polar surface area (TPSA) is 166 Å². The van der Waals surface area contributed by atoms with E-state index in [-0.39, 0.29) is 22.9 Å². The van der Waals surface area contributed by atoms with Crippen LogP contribution in [0.4, 0.5) is 5.69 Å². The summed E-state index contributed by atoms with van der Waals surface area (Å²) < 4.78 is 12.9. The molecule has 0 aliphatic heterocycles. The standard InChI is InChI=1S/C53H60ClN5O6/c1-35(34-65-48-20-26-56-46-14-3-2-13-44(46)48)28-40-30-38-16-18-43(32-45(38)52(40)21-23-53(24-22-52,51(62)63)59-42-12-5-11-41(54)31-42)64-27-7-15-49(60)57-25-6-9-36-8-4-10-37(29-36)39-17-19-47(50(55)61)58-33-39/h4-5,8,10-12,16-20,26,29,31-33,35,40,59H,2-3,6-7,9,13-15,21-25,27-28,30,34H2,1H3,(H2,55,61)(H,57,60)(H,62,63)/t35-,40?,52?,53?/m1/s1. The Balaban J connectivity index is 0.871. The number of halogens is 1. The Hall–Kier alpha value is -5.94. The monoisotopic (exact) mass is 897 g/mol. The molecule has 0 radical (unpaired) electrons. The van der Waals surface area contributed by atoms with Crippen LogP contribution in [0.1, 0.15) is 110 Å². The number of benzene rings is 3. The van der Waals surface area contributed by atoms with Crippen molar-refractivity contribution < 1.29 is 29.0 Å².